The monoisotopic (exact) mass is 222 g/mol. The summed E-state index contributed by atoms with van der Waals surface area (Å²) in [4.78, 5) is 1.87. The molecule has 0 amide bonds. The zero-order valence-corrected chi connectivity index (χ0v) is 9.96. The third-order valence-corrected chi connectivity index (χ3v) is 2.35. The van der Waals surface area contributed by atoms with Crippen LogP contribution in [0.4, 0.5) is 10.1 Å². The number of rotatable bonds is 6. The van der Waals surface area contributed by atoms with Crippen molar-refractivity contribution in [2.24, 2.45) is 0 Å². The molecule has 0 bridgehead atoms. The molecule has 0 aromatic heterocycles. The first kappa shape index (κ1) is 12.7. The summed E-state index contributed by atoms with van der Waals surface area (Å²) in [5, 5.41) is 3.20. The van der Waals surface area contributed by atoms with Crippen molar-refractivity contribution in [1.82, 2.24) is 5.32 Å². The van der Waals surface area contributed by atoms with Gasteiger partial charge in [0.05, 0.1) is 5.69 Å². The van der Waals surface area contributed by atoms with Crippen LogP contribution in [0.2, 0.25) is 0 Å². The van der Waals surface area contributed by atoms with Crippen LogP contribution in [0.1, 0.15) is 6.92 Å². The Balaban J connectivity index is 2.55. The lowest BCUT2D eigenvalue weighted by Crippen LogP contribution is -2.26. The normalized spacial score (nSPS) is 10.2. The summed E-state index contributed by atoms with van der Waals surface area (Å²) in [6.45, 7) is 8.36. The van der Waals surface area contributed by atoms with Gasteiger partial charge in [0.2, 0.25) is 0 Å². The second-order valence-electron chi connectivity index (χ2n) is 3.84. The molecule has 1 N–H and O–H groups in total. The summed E-state index contributed by atoms with van der Waals surface area (Å²) >= 11 is 0. The molecule has 0 saturated heterocycles. The van der Waals surface area contributed by atoms with Crippen molar-refractivity contribution in [2.45, 2.75) is 6.92 Å². The van der Waals surface area contributed by atoms with Crippen LogP contribution < -0.4 is 10.2 Å². The summed E-state index contributed by atoms with van der Waals surface area (Å²) in [5.41, 5.74) is 1.66. The molecule has 0 unspecified atom stereocenters. The van der Waals surface area contributed by atoms with Gasteiger partial charge in [-0.05, 0) is 24.3 Å². The largest absolute Gasteiger partial charge is 0.368 e. The first-order chi connectivity index (χ1) is 7.65. The minimum Gasteiger partial charge on any atom is -0.368 e. The highest BCUT2D eigenvalue weighted by atomic mass is 19.1. The zero-order valence-electron chi connectivity index (χ0n) is 9.96. The Morgan fingerprint density at radius 3 is 2.75 bits per heavy atom. The molecule has 1 aromatic carbocycles. The minimum absolute atomic E-state index is 0.193. The zero-order chi connectivity index (χ0) is 12.0. The molecule has 88 valence electrons. The van der Waals surface area contributed by atoms with E-state index in [-0.39, 0.29) is 5.82 Å². The van der Waals surface area contributed by atoms with E-state index in [9.17, 15) is 4.39 Å². The van der Waals surface area contributed by atoms with Gasteiger partial charge in [-0.25, -0.2) is 4.39 Å². The Morgan fingerprint density at radius 2 is 2.12 bits per heavy atom. The van der Waals surface area contributed by atoms with Crippen LogP contribution in [0.5, 0.6) is 0 Å². The third-order valence-electron chi connectivity index (χ3n) is 2.35. The molecule has 1 rings (SSSR count). The van der Waals surface area contributed by atoms with Crippen molar-refractivity contribution >= 4 is 5.69 Å². The average Bonchev–Trinajstić information content (AvgIpc) is 2.26. The molecular weight excluding hydrogens is 203 g/mol. The quantitative estimate of drug-likeness (QED) is 0.744. The number of anilines is 1. The highest BCUT2D eigenvalue weighted by molar-refractivity contribution is 5.47. The van der Waals surface area contributed by atoms with Gasteiger partial charge in [-0.15, -0.1) is 0 Å². The van der Waals surface area contributed by atoms with E-state index < -0.39 is 0 Å². The molecule has 0 radical (unpaired) electrons. The maximum atomic E-state index is 13.5. The predicted octanol–water partition coefficient (Wildman–Crippen LogP) is 2.43. The molecule has 0 heterocycles. The van der Waals surface area contributed by atoms with Crippen molar-refractivity contribution in [1.29, 1.82) is 0 Å². The summed E-state index contributed by atoms with van der Waals surface area (Å²) in [6.07, 6.45) is 0. The highest BCUT2D eigenvalue weighted by Crippen LogP contribution is 2.17. The Hall–Kier alpha value is -1.35. The number of para-hydroxylation sites is 1. The topological polar surface area (TPSA) is 15.3 Å². The molecule has 0 fully saturated rings. The molecule has 16 heavy (non-hydrogen) atoms. The van der Waals surface area contributed by atoms with E-state index in [0.717, 1.165) is 18.7 Å². The molecule has 0 aliphatic heterocycles. The Labute approximate surface area is 96.8 Å². The van der Waals surface area contributed by atoms with Gasteiger partial charge in [0, 0.05) is 20.1 Å². The fourth-order valence-electron chi connectivity index (χ4n) is 1.54. The van der Waals surface area contributed by atoms with Crippen LogP contribution in [0, 0.1) is 5.82 Å². The SMILES string of the molecule is C=C(CNCC)CN(C)c1ccccc1F. The predicted molar refractivity (Wildman–Crippen MR) is 67.4 cm³/mol. The first-order valence-corrected chi connectivity index (χ1v) is 5.48. The number of hydrogen-bond donors (Lipinski definition) is 1. The first-order valence-electron chi connectivity index (χ1n) is 5.48. The van der Waals surface area contributed by atoms with Crippen molar-refractivity contribution in [2.75, 3.05) is 31.6 Å². The standard InChI is InChI=1S/C13H19FN2/c1-4-15-9-11(2)10-16(3)13-8-6-5-7-12(13)14/h5-8,15H,2,4,9-10H2,1,3H3. The maximum Gasteiger partial charge on any atom is 0.146 e. The summed E-state index contributed by atoms with van der Waals surface area (Å²) < 4.78 is 13.5. The number of nitrogens with zero attached hydrogens (tertiary/aromatic N) is 1. The number of nitrogens with one attached hydrogen (secondary N) is 1. The van der Waals surface area contributed by atoms with Crippen LogP contribution >= 0.6 is 0 Å². The van der Waals surface area contributed by atoms with Gasteiger partial charge in [-0.2, -0.15) is 0 Å². The third kappa shape index (κ3) is 3.66. The summed E-state index contributed by atoms with van der Waals surface area (Å²) in [6, 6.07) is 6.77. The fourth-order valence-corrected chi connectivity index (χ4v) is 1.54. The van der Waals surface area contributed by atoms with Crippen LogP contribution in [-0.2, 0) is 0 Å². The van der Waals surface area contributed by atoms with Gasteiger partial charge < -0.3 is 10.2 Å². The minimum atomic E-state index is -0.193. The molecule has 2 nitrogen and oxygen atoms in total. The smallest absolute Gasteiger partial charge is 0.146 e. The maximum absolute atomic E-state index is 13.5. The molecule has 0 aliphatic rings. The van der Waals surface area contributed by atoms with E-state index in [0.29, 0.717) is 12.2 Å². The molecule has 0 saturated carbocycles. The molecule has 0 atom stereocenters. The number of benzene rings is 1. The van der Waals surface area contributed by atoms with Gasteiger partial charge in [0.25, 0.3) is 0 Å². The van der Waals surface area contributed by atoms with Gasteiger partial charge in [0.1, 0.15) is 5.82 Å². The van der Waals surface area contributed by atoms with E-state index in [1.54, 1.807) is 12.1 Å². The second kappa shape index (κ2) is 6.28. The summed E-state index contributed by atoms with van der Waals surface area (Å²) in [5.74, 6) is -0.193. The summed E-state index contributed by atoms with van der Waals surface area (Å²) in [7, 11) is 1.87. The van der Waals surface area contributed by atoms with Crippen LogP contribution in [-0.4, -0.2) is 26.7 Å². The van der Waals surface area contributed by atoms with Crippen LogP contribution in [0.3, 0.4) is 0 Å². The van der Waals surface area contributed by atoms with Gasteiger partial charge in [-0.1, -0.05) is 25.6 Å². The molecule has 0 spiro atoms. The van der Waals surface area contributed by atoms with E-state index in [1.807, 2.05) is 24.9 Å². The fraction of sp³-hybridized carbons (Fsp3) is 0.385. The van der Waals surface area contributed by atoms with Gasteiger partial charge in [0.15, 0.2) is 0 Å². The molecule has 1 aromatic rings. The van der Waals surface area contributed by atoms with Crippen molar-refractivity contribution in [3.8, 4) is 0 Å². The molecule has 0 aliphatic carbocycles. The van der Waals surface area contributed by atoms with Crippen molar-refractivity contribution < 1.29 is 4.39 Å². The molecular formula is C13H19FN2. The van der Waals surface area contributed by atoms with Gasteiger partial charge in [-0.3, -0.25) is 0 Å². The van der Waals surface area contributed by atoms with Crippen LogP contribution in [0.25, 0.3) is 0 Å². The molecule has 3 heteroatoms. The Kier molecular flexibility index (Phi) is 4.99. The number of likely N-dealkylation sites (N-methyl/N-ethyl adjacent to an activating group) is 2. The van der Waals surface area contributed by atoms with E-state index in [4.69, 9.17) is 0 Å². The lowest BCUT2D eigenvalue weighted by Gasteiger charge is -2.21. The Morgan fingerprint density at radius 1 is 1.44 bits per heavy atom. The lowest BCUT2D eigenvalue weighted by molar-refractivity contribution is 0.623. The van der Waals surface area contributed by atoms with Crippen molar-refractivity contribution in [3.05, 3.63) is 42.2 Å². The van der Waals surface area contributed by atoms with E-state index in [2.05, 4.69) is 11.9 Å². The number of halogens is 1. The van der Waals surface area contributed by atoms with Gasteiger partial charge >= 0.3 is 0 Å². The average molecular weight is 222 g/mol. The second-order valence-corrected chi connectivity index (χ2v) is 3.84. The van der Waals surface area contributed by atoms with Crippen molar-refractivity contribution in [3.63, 3.8) is 0 Å². The highest BCUT2D eigenvalue weighted by Gasteiger charge is 2.07. The van der Waals surface area contributed by atoms with Crippen LogP contribution in [0.15, 0.2) is 36.4 Å². The number of hydrogen-bond acceptors (Lipinski definition) is 2. The van der Waals surface area contributed by atoms with E-state index in [1.165, 1.54) is 6.07 Å². The Bertz CT molecular complexity index is 350. The van der Waals surface area contributed by atoms with E-state index >= 15 is 0 Å². The lowest BCUT2D eigenvalue weighted by atomic mass is 10.2.